The number of hydrogen-bond acceptors (Lipinski definition) is 6. The van der Waals surface area contributed by atoms with Crippen LogP contribution in [0.3, 0.4) is 0 Å². The van der Waals surface area contributed by atoms with E-state index >= 15 is 0 Å². The summed E-state index contributed by atoms with van der Waals surface area (Å²) in [6, 6.07) is 6.12. The van der Waals surface area contributed by atoms with Crippen LogP contribution in [0, 0.1) is 19.7 Å². The predicted octanol–water partition coefficient (Wildman–Crippen LogP) is 4.68. The minimum atomic E-state index is -1.11. The van der Waals surface area contributed by atoms with Gasteiger partial charge in [0.2, 0.25) is 0 Å². The standard InChI is InChI=1S/C24H22Cl2FN5O3/c1-13-10-29-21(31-6-5-20(30-31)24(3,4)34)9-18(13)32-14(2)7-19(22(26)23(32)33)35-12-17-16(27)8-15(25)11-28-17/h5-11,34H,12H2,1-4H3. The molecule has 0 saturated heterocycles. The Labute approximate surface area is 210 Å². The van der Waals surface area contributed by atoms with E-state index in [0.29, 0.717) is 22.9 Å². The number of aliphatic hydroxyl groups is 1. The van der Waals surface area contributed by atoms with Crippen LogP contribution in [0.25, 0.3) is 11.5 Å². The Balaban J connectivity index is 1.70. The first-order valence-electron chi connectivity index (χ1n) is 10.6. The molecule has 11 heteroatoms. The van der Waals surface area contributed by atoms with Crippen molar-refractivity contribution < 1.29 is 14.2 Å². The van der Waals surface area contributed by atoms with Crippen molar-refractivity contribution in [2.75, 3.05) is 0 Å². The van der Waals surface area contributed by atoms with Crippen molar-refractivity contribution in [2.24, 2.45) is 0 Å². The zero-order valence-electron chi connectivity index (χ0n) is 19.4. The maximum atomic E-state index is 14.0. The summed E-state index contributed by atoms with van der Waals surface area (Å²) in [4.78, 5) is 21.5. The Morgan fingerprint density at radius 3 is 2.54 bits per heavy atom. The van der Waals surface area contributed by atoms with Gasteiger partial charge in [-0.25, -0.2) is 14.1 Å². The lowest BCUT2D eigenvalue weighted by Gasteiger charge is -2.17. The Kier molecular flexibility index (Phi) is 6.68. The lowest BCUT2D eigenvalue weighted by atomic mass is 10.1. The first kappa shape index (κ1) is 24.8. The molecule has 4 aromatic rings. The Morgan fingerprint density at radius 2 is 1.89 bits per heavy atom. The van der Waals surface area contributed by atoms with Gasteiger partial charge in [-0.3, -0.25) is 14.3 Å². The third-order valence-electron chi connectivity index (χ3n) is 5.30. The quantitative estimate of drug-likeness (QED) is 0.398. The van der Waals surface area contributed by atoms with Gasteiger partial charge in [0, 0.05) is 36.4 Å². The molecule has 0 saturated carbocycles. The highest BCUT2D eigenvalue weighted by Gasteiger charge is 2.21. The molecule has 0 spiro atoms. The van der Waals surface area contributed by atoms with Crippen molar-refractivity contribution in [2.45, 2.75) is 39.9 Å². The van der Waals surface area contributed by atoms with E-state index in [9.17, 15) is 14.3 Å². The van der Waals surface area contributed by atoms with Gasteiger partial charge in [-0.1, -0.05) is 23.2 Å². The molecule has 0 aliphatic rings. The molecular weight excluding hydrogens is 496 g/mol. The van der Waals surface area contributed by atoms with Crippen molar-refractivity contribution >= 4 is 23.2 Å². The highest BCUT2D eigenvalue weighted by molar-refractivity contribution is 6.31. The maximum absolute atomic E-state index is 14.0. The molecule has 182 valence electrons. The number of rotatable bonds is 6. The monoisotopic (exact) mass is 517 g/mol. The Bertz CT molecular complexity index is 1480. The summed E-state index contributed by atoms with van der Waals surface area (Å²) in [7, 11) is 0. The molecule has 0 bridgehead atoms. The van der Waals surface area contributed by atoms with Gasteiger partial charge in [-0.2, -0.15) is 5.10 Å². The van der Waals surface area contributed by atoms with Crippen molar-refractivity contribution in [1.29, 1.82) is 0 Å². The van der Waals surface area contributed by atoms with E-state index < -0.39 is 17.0 Å². The lowest BCUT2D eigenvalue weighted by Crippen LogP contribution is -2.23. The van der Waals surface area contributed by atoms with E-state index in [1.54, 1.807) is 51.4 Å². The summed E-state index contributed by atoms with van der Waals surface area (Å²) in [6.07, 6.45) is 4.61. The van der Waals surface area contributed by atoms with Crippen molar-refractivity contribution in [3.8, 4) is 17.3 Å². The van der Waals surface area contributed by atoms with Crippen LogP contribution in [0.4, 0.5) is 4.39 Å². The van der Waals surface area contributed by atoms with Gasteiger partial charge in [-0.05, 0) is 45.4 Å². The van der Waals surface area contributed by atoms with Crippen LogP contribution in [-0.2, 0) is 12.2 Å². The van der Waals surface area contributed by atoms with E-state index in [4.69, 9.17) is 27.9 Å². The molecule has 0 unspecified atom stereocenters. The smallest absolute Gasteiger partial charge is 0.277 e. The minimum absolute atomic E-state index is 0.0339. The van der Waals surface area contributed by atoms with Gasteiger partial charge in [0.1, 0.15) is 34.5 Å². The second-order valence-electron chi connectivity index (χ2n) is 8.51. The van der Waals surface area contributed by atoms with Gasteiger partial charge < -0.3 is 9.84 Å². The number of aryl methyl sites for hydroxylation is 2. The minimum Gasteiger partial charge on any atom is -0.485 e. The maximum Gasteiger partial charge on any atom is 0.277 e. The number of ether oxygens (including phenoxy) is 1. The molecule has 0 radical (unpaired) electrons. The SMILES string of the molecule is Cc1cnc(-n2ccc(C(C)(C)O)n2)cc1-n1c(C)cc(OCc2ncc(Cl)cc2F)c(Cl)c1=O. The zero-order chi connectivity index (χ0) is 25.5. The van der Waals surface area contributed by atoms with Crippen molar-refractivity contribution in [1.82, 2.24) is 24.3 Å². The number of nitrogens with zero attached hydrogens (tertiary/aromatic N) is 5. The first-order valence-corrected chi connectivity index (χ1v) is 11.3. The van der Waals surface area contributed by atoms with Crippen LogP contribution in [-0.4, -0.2) is 29.4 Å². The highest BCUT2D eigenvalue weighted by Crippen LogP contribution is 2.26. The molecule has 0 aliphatic heterocycles. The Morgan fingerprint density at radius 1 is 1.14 bits per heavy atom. The van der Waals surface area contributed by atoms with Gasteiger partial charge in [0.05, 0.1) is 16.4 Å². The molecule has 4 rings (SSSR count). The Hall–Kier alpha value is -3.27. The van der Waals surface area contributed by atoms with Crippen LogP contribution in [0.15, 0.2) is 47.7 Å². The van der Waals surface area contributed by atoms with E-state index in [2.05, 4.69) is 15.1 Å². The third kappa shape index (κ3) is 5.07. The van der Waals surface area contributed by atoms with Crippen LogP contribution >= 0.6 is 23.2 Å². The average Bonchev–Trinajstić information content (AvgIpc) is 3.28. The van der Waals surface area contributed by atoms with Gasteiger partial charge in [0.25, 0.3) is 5.56 Å². The zero-order valence-corrected chi connectivity index (χ0v) is 20.9. The number of halogens is 3. The highest BCUT2D eigenvalue weighted by atomic mass is 35.5. The van der Waals surface area contributed by atoms with E-state index in [-0.39, 0.29) is 28.1 Å². The summed E-state index contributed by atoms with van der Waals surface area (Å²) in [5.41, 5.74) is 0.709. The summed E-state index contributed by atoms with van der Waals surface area (Å²) >= 11 is 12.1. The molecule has 4 aromatic heterocycles. The second-order valence-corrected chi connectivity index (χ2v) is 9.32. The predicted molar refractivity (Wildman–Crippen MR) is 130 cm³/mol. The number of pyridine rings is 3. The second kappa shape index (κ2) is 9.41. The van der Waals surface area contributed by atoms with Gasteiger partial charge in [0.15, 0.2) is 5.82 Å². The van der Waals surface area contributed by atoms with Gasteiger partial charge >= 0.3 is 0 Å². The van der Waals surface area contributed by atoms with Crippen molar-refractivity contribution in [3.05, 3.63) is 91.7 Å². The summed E-state index contributed by atoms with van der Waals surface area (Å²) < 4.78 is 22.6. The van der Waals surface area contributed by atoms with Crippen LogP contribution in [0.5, 0.6) is 5.75 Å². The average molecular weight is 518 g/mol. The van der Waals surface area contributed by atoms with E-state index in [0.717, 1.165) is 11.6 Å². The third-order valence-corrected chi connectivity index (χ3v) is 5.85. The van der Waals surface area contributed by atoms with Gasteiger partial charge in [-0.15, -0.1) is 0 Å². The molecule has 8 nitrogen and oxygen atoms in total. The molecule has 0 aromatic carbocycles. The van der Waals surface area contributed by atoms with E-state index in [1.165, 1.54) is 15.4 Å². The summed E-state index contributed by atoms with van der Waals surface area (Å²) in [5, 5.41) is 14.6. The fraction of sp³-hybridized carbons (Fsp3) is 0.250. The van der Waals surface area contributed by atoms with Crippen LogP contribution < -0.4 is 10.3 Å². The first-order chi connectivity index (χ1) is 16.5. The summed E-state index contributed by atoms with van der Waals surface area (Å²) in [6.45, 7) is 6.59. The molecule has 0 amide bonds. The largest absolute Gasteiger partial charge is 0.485 e. The fourth-order valence-corrected chi connectivity index (χ4v) is 3.77. The summed E-state index contributed by atoms with van der Waals surface area (Å²) in [5.74, 6) is -0.0616. The normalized spacial score (nSPS) is 11.7. The molecule has 0 aliphatic carbocycles. The molecule has 35 heavy (non-hydrogen) atoms. The lowest BCUT2D eigenvalue weighted by molar-refractivity contribution is 0.0734. The topological polar surface area (TPSA) is 95.1 Å². The molecule has 0 fully saturated rings. The number of aromatic nitrogens is 5. The van der Waals surface area contributed by atoms with Crippen LogP contribution in [0.2, 0.25) is 10.0 Å². The molecule has 1 N–H and O–H groups in total. The molecule has 0 atom stereocenters. The van der Waals surface area contributed by atoms with Crippen molar-refractivity contribution in [3.63, 3.8) is 0 Å². The number of hydrogen-bond donors (Lipinski definition) is 1. The molecule has 4 heterocycles. The fourth-order valence-electron chi connectivity index (χ4n) is 3.43. The van der Waals surface area contributed by atoms with Crippen LogP contribution in [0.1, 0.15) is 36.5 Å². The molecular formula is C24H22Cl2FN5O3. The van der Waals surface area contributed by atoms with E-state index in [1.807, 2.05) is 6.92 Å².